The molecule has 2 atom stereocenters. The Morgan fingerprint density at radius 1 is 1.71 bits per heavy atom. The molecule has 2 rings (SSSR count). The van der Waals surface area contributed by atoms with E-state index in [4.69, 9.17) is 4.74 Å². The lowest BCUT2D eigenvalue weighted by Gasteiger charge is -2.29. The number of nitrogens with zero attached hydrogens (tertiary/aromatic N) is 2. The van der Waals surface area contributed by atoms with E-state index in [1.807, 2.05) is 13.8 Å². The average molecular weight is 237 g/mol. The van der Waals surface area contributed by atoms with Crippen LogP contribution in [0.4, 0.5) is 11.5 Å². The topological polar surface area (TPSA) is 77.3 Å². The molecule has 1 aliphatic heterocycles. The molecule has 2 unspecified atom stereocenters. The van der Waals surface area contributed by atoms with E-state index in [0.717, 1.165) is 6.42 Å². The summed E-state index contributed by atoms with van der Waals surface area (Å²) in [5, 5.41) is 14.0. The summed E-state index contributed by atoms with van der Waals surface area (Å²) < 4.78 is 5.48. The molecule has 0 amide bonds. The van der Waals surface area contributed by atoms with E-state index in [9.17, 15) is 10.1 Å². The van der Waals surface area contributed by atoms with Crippen molar-refractivity contribution in [1.82, 2.24) is 4.98 Å². The Balaban J connectivity index is 2.27. The lowest BCUT2D eigenvalue weighted by Crippen LogP contribution is -2.41. The number of ether oxygens (including phenoxy) is 1. The van der Waals surface area contributed by atoms with Gasteiger partial charge in [-0.25, -0.2) is 4.98 Å². The highest BCUT2D eigenvalue weighted by atomic mass is 16.6. The molecule has 6 nitrogen and oxygen atoms in total. The maximum atomic E-state index is 10.9. The average Bonchev–Trinajstić information content (AvgIpc) is 2.59. The van der Waals surface area contributed by atoms with E-state index in [1.54, 1.807) is 12.3 Å². The molecule has 1 aromatic rings. The zero-order valence-electron chi connectivity index (χ0n) is 9.84. The van der Waals surface area contributed by atoms with Crippen molar-refractivity contribution in [2.45, 2.75) is 31.9 Å². The number of hydrogen-bond donors (Lipinski definition) is 1. The monoisotopic (exact) mass is 237 g/mol. The largest absolute Gasteiger partial charge is 0.376 e. The molecular weight excluding hydrogens is 222 g/mol. The minimum absolute atomic E-state index is 0.00381. The predicted molar refractivity (Wildman–Crippen MR) is 63.0 cm³/mol. The second-order valence-electron chi connectivity index (χ2n) is 4.43. The van der Waals surface area contributed by atoms with Gasteiger partial charge in [-0.05, 0) is 26.3 Å². The molecule has 0 aromatic carbocycles. The van der Waals surface area contributed by atoms with Gasteiger partial charge in [0.05, 0.1) is 16.6 Å². The van der Waals surface area contributed by atoms with Crippen LogP contribution in [-0.4, -0.2) is 28.2 Å². The van der Waals surface area contributed by atoms with Gasteiger partial charge >= 0.3 is 5.69 Å². The van der Waals surface area contributed by atoms with Gasteiger partial charge in [-0.15, -0.1) is 0 Å². The third kappa shape index (κ3) is 2.21. The van der Waals surface area contributed by atoms with Crippen LogP contribution in [0.3, 0.4) is 0 Å². The van der Waals surface area contributed by atoms with Crippen LogP contribution in [0.2, 0.25) is 0 Å². The minimum atomic E-state index is -0.431. The van der Waals surface area contributed by atoms with Gasteiger partial charge in [-0.3, -0.25) is 10.1 Å². The van der Waals surface area contributed by atoms with Crippen molar-refractivity contribution in [2.75, 3.05) is 11.9 Å². The third-order valence-electron chi connectivity index (χ3n) is 3.27. The molecular formula is C11H15N3O3. The SMILES string of the molecule is CC1OCCC1(C)Nc1ncccc1[N+](=O)[O-]. The zero-order chi connectivity index (χ0) is 12.5. The van der Waals surface area contributed by atoms with E-state index in [2.05, 4.69) is 10.3 Å². The van der Waals surface area contributed by atoms with E-state index in [-0.39, 0.29) is 17.3 Å². The molecule has 0 saturated carbocycles. The first kappa shape index (κ1) is 11.8. The van der Waals surface area contributed by atoms with Crippen molar-refractivity contribution in [1.29, 1.82) is 0 Å². The quantitative estimate of drug-likeness (QED) is 0.642. The van der Waals surface area contributed by atoms with Gasteiger partial charge < -0.3 is 10.1 Å². The van der Waals surface area contributed by atoms with E-state index >= 15 is 0 Å². The van der Waals surface area contributed by atoms with Crippen LogP contribution < -0.4 is 5.32 Å². The van der Waals surface area contributed by atoms with Crippen LogP contribution in [0.15, 0.2) is 18.3 Å². The van der Waals surface area contributed by atoms with Gasteiger partial charge in [-0.1, -0.05) is 0 Å². The lowest BCUT2D eigenvalue weighted by atomic mass is 9.94. The van der Waals surface area contributed by atoms with Gasteiger partial charge in [-0.2, -0.15) is 0 Å². The lowest BCUT2D eigenvalue weighted by molar-refractivity contribution is -0.384. The second kappa shape index (κ2) is 4.29. The number of hydrogen-bond acceptors (Lipinski definition) is 5. The number of rotatable bonds is 3. The first-order chi connectivity index (χ1) is 8.03. The van der Waals surface area contributed by atoms with Crippen molar-refractivity contribution >= 4 is 11.5 Å². The molecule has 17 heavy (non-hydrogen) atoms. The molecule has 0 bridgehead atoms. The highest BCUT2D eigenvalue weighted by Gasteiger charge is 2.38. The molecule has 92 valence electrons. The summed E-state index contributed by atoms with van der Waals surface area (Å²) in [6, 6.07) is 3.00. The minimum Gasteiger partial charge on any atom is -0.376 e. The normalized spacial score (nSPS) is 28.0. The van der Waals surface area contributed by atoms with Crippen LogP contribution >= 0.6 is 0 Å². The van der Waals surface area contributed by atoms with Crippen LogP contribution in [-0.2, 0) is 4.74 Å². The molecule has 0 spiro atoms. The van der Waals surface area contributed by atoms with Crippen molar-refractivity contribution < 1.29 is 9.66 Å². The predicted octanol–water partition coefficient (Wildman–Crippen LogP) is 1.97. The van der Waals surface area contributed by atoms with E-state index < -0.39 is 4.92 Å². The summed E-state index contributed by atoms with van der Waals surface area (Å²) in [6.45, 7) is 4.60. The highest BCUT2D eigenvalue weighted by Crippen LogP contribution is 2.31. The summed E-state index contributed by atoms with van der Waals surface area (Å²) >= 11 is 0. The second-order valence-corrected chi connectivity index (χ2v) is 4.43. The summed E-state index contributed by atoms with van der Waals surface area (Å²) in [7, 11) is 0. The van der Waals surface area contributed by atoms with Gasteiger partial charge in [0, 0.05) is 18.9 Å². The Kier molecular flexibility index (Phi) is 2.97. The van der Waals surface area contributed by atoms with Crippen LogP contribution in [0.1, 0.15) is 20.3 Å². The smallest absolute Gasteiger partial charge is 0.311 e. The third-order valence-corrected chi connectivity index (χ3v) is 3.27. The number of anilines is 1. The summed E-state index contributed by atoms with van der Waals surface area (Å²) in [6.07, 6.45) is 2.35. The Hall–Kier alpha value is -1.69. The summed E-state index contributed by atoms with van der Waals surface area (Å²) in [5.41, 5.74) is -0.313. The first-order valence-corrected chi connectivity index (χ1v) is 5.52. The van der Waals surface area contributed by atoms with Crippen molar-refractivity contribution in [2.24, 2.45) is 0 Å². The summed E-state index contributed by atoms with van der Waals surface area (Å²) in [4.78, 5) is 14.5. The molecule has 6 heteroatoms. The molecule has 1 aromatic heterocycles. The fourth-order valence-corrected chi connectivity index (χ4v) is 1.91. The zero-order valence-corrected chi connectivity index (χ0v) is 9.84. The van der Waals surface area contributed by atoms with Gasteiger partial charge in [0.25, 0.3) is 0 Å². The Morgan fingerprint density at radius 2 is 2.47 bits per heavy atom. The molecule has 1 N–H and O–H groups in total. The fraction of sp³-hybridized carbons (Fsp3) is 0.545. The van der Waals surface area contributed by atoms with Gasteiger partial charge in [0.2, 0.25) is 5.82 Å². The van der Waals surface area contributed by atoms with E-state index in [0.29, 0.717) is 12.4 Å². The highest BCUT2D eigenvalue weighted by molar-refractivity contribution is 5.56. The Labute approximate surface area is 99.2 Å². The van der Waals surface area contributed by atoms with Crippen LogP contribution in [0.25, 0.3) is 0 Å². The molecule has 1 fully saturated rings. The Morgan fingerprint density at radius 3 is 3.06 bits per heavy atom. The first-order valence-electron chi connectivity index (χ1n) is 5.52. The molecule has 0 radical (unpaired) electrons. The van der Waals surface area contributed by atoms with Crippen molar-refractivity contribution in [3.8, 4) is 0 Å². The molecule has 1 saturated heterocycles. The number of nitro groups is 1. The van der Waals surface area contributed by atoms with Crippen molar-refractivity contribution in [3.05, 3.63) is 28.4 Å². The number of aromatic nitrogens is 1. The standard InChI is InChI=1S/C11H15N3O3/c1-8-11(2,5-7-17-8)13-10-9(14(15)16)4-3-6-12-10/h3-4,6,8H,5,7H2,1-2H3,(H,12,13). The van der Waals surface area contributed by atoms with Crippen LogP contribution in [0.5, 0.6) is 0 Å². The number of pyridine rings is 1. The Bertz CT molecular complexity index is 438. The maximum Gasteiger partial charge on any atom is 0.311 e. The van der Waals surface area contributed by atoms with Gasteiger partial charge in [0.1, 0.15) is 0 Å². The summed E-state index contributed by atoms with van der Waals surface area (Å²) in [5.74, 6) is 0.303. The van der Waals surface area contributed by atoms with Gasteiger partial charge in [0.15, 0.2) is 0 Å². The molecule has 2 heterocycles. The van der Waals surface area contributed by atoms with E-state index in [1.165, 1.54) is 6.07 Å². The van der Waals surface area contributed by atoms with Crippen molar-refractivity contribution in [3.63, 3.8) is 0 Å². The molecule has 0 aliphatic carbocycles. The maximum absolute atomic E-state index is 10.9. The number of nitrogens with one attached hydrogen (secondary N) is 1. The fourth-order valence-electron chi connectivity index (χ4n) is 1.91. The molecule has 1 aliphatic rings. The van der Waals surface area contributed by atoms with Crippen LogP contribution in [0, 0.1) is 10.1 Å².